The lowest BCUT2D eigenvalue weighted by Crippen LogP contribution is -2.58. The molecule has 2 aliphatic rings. The van der Waals surface area contributed by atoms with Gasteiger partial charge in [0.2, 0.25) is 5.91 Å². The van der Waals surface area contributed by atoms with Crippen molar-refractivity contribution in [2.45, 2.75) is 39.0 Å². The number of amides is 3. The van der Waals surface area contributed by atoms with Gasteiger partial charge in [-0.3, -0.25) is 28.5 Å². The second kappa shape index (κ2) is 9.03. The van der Waals surface area contributed by atoms with E-state index in [1.54, 1.807) is 29.8 Å². The molecule has 5 rings (SSSR count). The van der Waals surface area contributed by atoms with Crippen LogP contribution in [0.1, 0.15) is 29.5 Å². The smallest absolute Gasteiger partial charge is 0.416 e. The van der Waals surface area contributed by atoms with E-state index < -0.39 is 48.7 Å². The number of anilines is 1. The summed E-state index contributed by atoms with van der Waals surface area (Å²) in [5.41, 5.74) is 0.270. The Hall–Kier alpha value is -4.09. The summed E-state index contributed by atoms with van der Waals surface area (Å²) in [7, 11) is 1.60. The van der Waals surface area contributed by atoms with Crippen LogP contribution >= 0.6 is 0 Å². The SMILES string of the molecule is Cc1c(CN2C(=O)C(C(=O)O)CN(c3ccc4c(c3)n(C)c(=O)n4CC3CC3)C2=O)cccc1C(F)(F)F. The number of hydrogen-bond acceptors (Lipinski definition) is 4. The normalized spacial score (nSPS) is 18.5. The molecule has 1 atom stereocenters. The summed E-state index contributed by atoms with van der Waals surface area (Å²) >= 11 is 0. The number of urea groups is 1. The Bertz CT molecular complexity index is 1540. The summed E-state index contributed by atoms with van der Waals surface area (Å²) in [6.45, 7) is 0.849. The van der Waals surface area contributed by atoms with Crippen molar-refractivity contribution < 1.29 is 32.7 Å². The summed E-state index contributed by atoms with van der Waals surface area (Å²) in [4.78, 5) is 53.0. The maximum atomic E-state index is 13.5. The Kier molecular flexibility index (Phi) is 6.07. The Labute approximate surface area is 214 Å². The molecule has 3 aromatic rings. The molecule has 200 valence electrons. The Morgan fingerprint density at radius 2 is 1.79 bits per heavy atom. The molecule has 2 aromatic carbocycles. The Morgan fingerprint density at radius 1 is 1.08 bits per heavy atom. The molecule has 0 spiro atoms. The highest BCUT2D eigenvalue weighted by atomic mass is 19.4. The lowest BCUT2D eigenvalue weighted by molar-refractivity contribution is -0.150. The van der Waals surface area contributed by atoms with Crippen LogP contribution in [0, 0.1) is 18.8 Å². The third kappa shape index (κ3) is 4.33. The number of carbonyl (C=O) groups excluding carboxylic acids is 2. The van der Waals surface area contributed by atoms with Crippen molar-refractivity contribution in [2.24, 2.45) is 18.9 Å². The van der Waals surface area contributed by atoms with Crippen LogP contribution in [-0.2, 0) is 35.9 Å². The molecule has 2 fully saturated rings. The lowest BCUT2D eigenvalue weighted by atomic mass is 9.99. The van der Waals surface area contributed by atoms with Crippen LogP contribution in [0.5, 0.6) is 0 Å². The molecule has 1 aromatic heterocycles. The van der Waals surface area contributed by atoms with E-state index >= 15 is 0 Å². The van der Waals surface area contributed by atoms with Crippen LogP contribution in [0.4, 0.5) is 23.7 Å². The number of rotatable bonds is 6. The number of aromatic nitrogens is 2. The number of alkyl halides is 3. The zero-order valence-corrected chi connectivity index (χ0v) is 20.7. The fourth-order valence-electron chi connectivity index (χ4n) is 4.94. The average Bonchev–Trinajstić information content (AvgIpc) is 3.64. The quantitative estimate of drug-likeness (QED) is 0.489. The third-order valence-electron chi connectivity index (χ3n) is 7.35. The number of imidazole rings is 1. The molecule has 0 radical (unpaired) electrons. The predicted octanol–water partition coefficient (Wildman–Crippen LogP) is 3.75. The van der Waals surface area contributed by atoms with Crippen molar-refractivity contribution in [3.05, 3.63) is 63.6 Å². The molecule has 38 heavy (non-hydrogen) atoms. The average molecular weight is 531 g/mol. The maximum Gasteiger partial charge on any atom is 0.416 e. The minimum Gasteiger partial charge on any atom is -0.481 e. The van der Waals surface area contributed by atoms with Gasteiger partial charge < -0.3 is 5.11 Å². The van der Waals surface area contributed by atoms with Crippen LogP contribution in [-0.4, -0.2) is 43.6 Å². The number of halogens is 3. The number of carboxylic acids is 1. The Morgan fingerprint density at radius 3 is 2.42 bits per heavy atom. The van der Waals surface area contributed by atoms with Gasteiger partial charge in [0.15, 0.2) is 5.92 Å². The molecular weight excluding hydrogens is 505 g/mol. The van der Waals surface area contributed by atoms with Crippen molar-refractivity contribution in [3.63, 3.8) is 0 Å². The maximum absolute atomic E-state index is 13.5. The summed E-state index contributed by atoms with van der Waals surface area (Å²) in [6.07, 6.45) is -2.53. The fraction of sp³-hybridized carbons (Fsp3) is 0.385. The van der Waals surface area contributed by atoms with Crippen molar-refractivity contribution in [1.29, 1.82) is 0 Å². The van der Waals surface area contributed by atoms with E-state index in [0.717, 1.165) is 23.8 Å². The number of nitrogens with zero attached hydrogens (tertiary/aromatic N) is 4. The molecule has 1 aliphatic heterocycles. The molecule has 1 saturated heterocycles. The number of carbonyl (C=O) groups is 3. The molecule has 12 heteroatoms. The van der Waals surface area contributed by atoms with Crippen molar-refractivity contribution in [1.82, 2.24) is 14.0 Å². The van der Waals surface area contributed by atoms with Gasteiger partial charge in [-0.25, -0.2) is 9.59 Å². The number of imide groups is 1. The molecule has 2 heterocycles. The third-order valence-corrected chi connectivity index (χ3v) is 7.35. The minimum atomic E-state index is -4.63. The van der Waals surface area contributed by atoms with Gasteiger partial charge in [0.25, 0.3) is 0 Å². The van der Waals surface area contributed by atoms with Crippen LogP contribution in [0.2, 0.25) is 0 Å². The second-order valence-corrected chi connectivity index (χ2v) is 9.86. The molecule has 1 saturated carbocycles. The van der Waals surface area contributed by atoms with E-state index in [2.05, 4.69) is 0 Å². The largest absolute Gasteiger partial charge is 0.481 e. The monoisotopic (exact) mass is 530 g/mol. The Balaban J connectivity index is 1.53. The molecule has 1 unspecified atom stereocenters. The van der Waals surface area contributed by atoms with Crippen LogP contribution < -0.4 is 10.6 Å². The minimum absolute atomic E-state index is 0.0718. The number of carboxylic acid groups (broad SMARTS) is 1. The molecule has 3 amide bonds. The number of fused-ring (bicyclic) bond motifs is 1. The first-order chi connectivity index (χ1) is 17.9. The van der Waals surface area contributed by atoms with Crippen molar-refractivity contribution >= 4 is 34.6 Å². The van der Waals surface area contributed by atoms with Gasteiger partial charge >= 0.3 is 23.9 Å². The summed E-state index contributed by atoms with van der Waals surface area (Å²) in [5, 5.41) is 9.71. The first-order valence-electron chi connectivity index (χ1n) is 12.1. The van der Waals surface area contributed by atoms with Crippen LogP contribution in [0.3, 0.4) is 0 Å². The highest BCUT2D eigenvalue weighted by Crippen LogP contribution is 2.35. The number of hydrogen-bond donors (Lipinski definition) is 1. The molecule has 0 bridgehead atoms. The van der Waals surface area contributed by atoms with Crippen LogP contribution in [0.25, 0.3) is 11.0 Å². The highest BCUT2D eigenvalue weighted by Gasteiger charge is 2.44. The topological polar surface area (TPSA) is 105 Å². The lowest BCUT2D eigenvalue weighted by Gasteiger charge is -2.37. The van der Waals surface area contributed by atoms with E-state index in [9.17, 15) is 37.5 Å². The van der Waals surface area contributed by atoms with Gasteiger partial charge in [0, 0.05) is 25.8 Å². The summed E-state index contributed by atoms with van der Waals surface area (Å²) < 4.78 is 43.4. The first kappa shape index (κ1) is 25.6. The summed E-state index contributed by atoms with van der Waals surface area (Å²) in [5.74, 6) is -3.63. The van der Waals surface area contributed by atoms with Gasteiger partial charge in [-0.2, -0.15) is 13.2 Å². The van der Waals surface area contributed by atoms with Gasteiger partial charge in [-0.15, -0.1) is 0 Å². The zero-order valence-electron chi connectivity index (χ0n) is 20.7. The van der Waals surface area contributed by atoms with Crippen molar-refractivity contribution in [3.8, 4) is 0 Å². The fourth-order valence-corrected chi connectivity index (χ4v) is 4.94. The standard InChI is InChI=1S/C26H25F3N4O5/c1-14-16(4-3-5-19(14)26(27,28)29)12-33-22(34)18(23(35)36)13-31(25(33)38)17-8-9-20-21(10-17)30(2)24(37)32(20)11-15-6-7-15/h3-5,8-10,15,18H,6-7,11-13H2,1-2H3,(H,35,36). The highest BCUT2D eigenvalue weighted by molar-refractivity contribution is 6.12. The first-order valence-corrected chi connectivity index (χ1v) is 12.1. The van der Waals surface area contributed by atoms with Crippen molar-refractivity contribution in [2.75, 3.05) is 11.4 Å². The summed E-state index contributed by atoms with van der Waals surface area (Å²) in [6, 6.07) is 7.42. The van der Waals surface area contributed by atoms with Gasteiger partial charge in [0.05, 0.1) is 23.1 Å². The zero-order chi connectivity index (χ0) is 27.5. The van der Waals surface area contributed by atoms with Gasteiger partial charge in [-0.1, -0.05) is 12.1 Å². The van der Waals surface area contributed by atoms with E-state index in [1.807, 2.05) is 0 Å². The number of benzene rings is 2. The van der Waals surface area contributed by atoms with Gasteiger partial charge in [0.1, 0.15) is 0 Å². The van der Waals surface area contributed by atoms with Crippen LogP contribution in [0.15, 0.2) is 41.2 Å². The number of aliphatic carboxylic acids is 1. The van der Waals surface area contributed by atoms with Gasteiger partial charge in [-0.05, 0) is 61.1 Å². The van der Waals surface area contributed by atoms with E-state index in [4.69, 9.17) is 0 Å². The molecule has 1 N–H and O–H groups in total. The van der Waals surface area contributed by atoms with E-state index in [-0.39, 0.29) is 22.5 Å². The van der Waals surface area contributed by atoms with E-state index in [0.29, 0.717) is 28.4 Å². The second-order valence-electron chi connectivity index (χ2n) is 9.86. The van der Waals surface area contributed by atoms with E-state index in [1.165, 1.54) is 23.6 Å². The molecule has 1 aliphatic carbocycles. The molecule has 9 nitrogen and oxygen atoms in total. The predicted molar refractivity (Wildman–Crippen MR) is 131 cm³/mol. The number of aryl methyl sites for hydroxylation is 1. The molecular formula is C26H25F3N4O5.